The van der Waals surface area contributed by atoms with E-state index in [-0.39, 0.29) is 4.90 Å². The van der Waals surface area contributed by atoms with E-state index in [1.54, 1.807) is 0 Å². The molecule has 0 aromatic heterocycles. The van der Waals surface area contributed by atoms with Crippen LogP contribution < -0.4 is 19.7 Å². The first kappa shape index (κ1) is 21.4. The van der Waals surface area contributed by atoms with E-state index in [2.05, 4.69) is 0 Å². The first-order valence-electron chi connectivity index (χ1n) is 6.82. The van der Waals surface area contributed by atoms with Gasteiger partial charge in [-0.1, -0.05) is 11.6 Å². The maximum absolute atomic E-state index is 12.5. The quantitative estimate of drug-likeness (QED) is 0.565. The molecule has 0 aliphatic heterocycles. The van der Waals surface area contributed by atoms with E-state index in [4.69, 9.17) is 26.6 Å². The Balaban J connectivity index is 2.62. The van der Waals surface area contributed by atoms with Gasteiger partial charge >= 0.3 is 0 Å². The van der Waals surface area contributed by atoms with Gasteiger partial charge in [0.25, 0.3) is 10.0 Å². The van der Waals surface area contributed by atoms with Crippen LogP contribution in [0.4, 0.5) is 5.69 Å². The van der Waals surface area contributed by atoms with Gasteiger partial charge in [0.05, 0.1) is 22.7 Å². The Bertz CT molecular complexity index is 1190. The average Bonchev–Trinajstić information content (AvgIpc) is 2.52. The average molecular weight is 456 g/mol. The molecule has 0 aliphatic carbocycles. The molecular weight excluding hydrogens is 442 g/mol. The summed E-state index contributed by atoms with van der Waals surface area (Å²) in [5.41, 5.74) is -0.536. The molecule has 0 fully saturated rings. The fraction of sp³-hybridized carbons (Fsp3) is 0.0769. The fourth-order valence-corrected chi connectivity index (χ4v) is 5.03. The van der Waals surface area contributed by atoms with Crippen molar-refractivity contribution < 1.29 is 30.0 Å². The van der Waals surface area contributed by atoms with Crippen LogP contribution in [-0.4, -0.2) is 32.4 Å². The second-order valence-corrected chi connectivity index (χ2v) is 10.3. The van der Waals surface area contributed by atoms with Crippen molar-refractivity contribution in [2.75, 3.05) is 11.8 Å². The summed E-state index contributed by atoms with van der Waals surface area (Å²) in [6, 6.07) is 6.58. The Morgan fingerprint density at radius 2 is 1.41 bits per heavy atom. The molecule has 2 aromatic rings. The molecule has 0 atom stereocenters. The molecule has 0 bridgehead atoms. The minimum Gasteiger partial charge on any atom is -0.497 e. The molecule has 0 amide bonds. The van der Waals surface area contributed by atoms with Crippen LogP contribution in [-0.2, 0) is 30.1 Å². The number of nitrogens with one attached hydrogen (secondary N) is 1. The minimum atomic E-state index is -4.52. The van der Waals surface area contributed by atoms with Gasteiger partial charge in [0.1, 0.15) is 15.5 Å². The van der Waals surface area contributed by atoms with Crippen molar-refractivity contribution in [3.05, 3.63) is 41.4 Å². The number of anilines is 1. The number of nitrogens with two attached hydrogens (primary N) is 2. The number of methoxy groups -OCH3 is 1. The zero-order chi connectivity index (χ0) is 20.6. The van der Waals surface area contributed by atoms with Crippen molar-refractivity contribution in [2.24, 2.45) is 10.3 Å². The third kappa shape index (κ3) is 4.88. The Morgan fingerprint density at radius 3 is 1.85 bits per heavy atom. The van der Waals surface area contributed by atoms with Crippen LogP contribution >= 0.6 is 11.6 Å². The Morgan fingerprint density at radius 1 is 0.889 bits per heavy atom. The second-order valence-electron chi connectivity index (χ2n) is 5.15. The predicted octanol–water partition coefficient (Wildman–Crippen LogP) is 0.444. The summed E-state index contributed by atoms with van der Waals surface area (Å²) in [6.07, 6.45) is 0. The number of benzene rings is 2. The molecule has 0 saturated heterocycles. The Hall–Kier alpha value is -1.90. The number of sulfonamides is 3. The second kappa shape index (κ2) is 7.26. The number of ether oxygens (including phenoxy) is 1. The van der Waals surface area contributed by atoms with Crippen LogP contribution in [0.15, 0.2) is 51.1 Å². The van der Waals surface area contributed by atoms with Crippen molar-refractivity contribution in [3.63, 3.8) is 0 Å². The van der Waals surface area contributed by atoms with Crippen molar-refractivity contribution >= 4 is 47.4 Å². The van der Waals surface area contributed by atoms with E-state index in [9.17, 15) is 25.3 Å². The molecule has 10 nitrogen and oxygen atoms in total. The highest BCUT2D eigenvalue weighted by atomic mass is 35.5. The van der Waals surface area contributed by atoms with E-state index in [0.29, 0.717) is 11.8 Å². The van der Waals surface area contributed by atoms with E-state index in [0.717, 1.165) is 6.07 Å². The summed E-state index contributed by atoms with van der Waals surface area (Å²) in [6.45, 7) is 0. The zero-order valence-electron chi connectivity index (χ0n) is 13.6. The lowest BCUT2D eigenvalue weighted by Gasteiger charge is -2.14. The van der Waals surface area contributed by atoms with Crippen molar-refractivity contribution in [1.29, 1.82) is 0 Å². The van der Waals surface area contributed by atoms with Crippen molar-refractivity contribution in [2.45, 2.75) is 14.7 Å². The van der Waals surface area contributed by atoms with Gasteiger partial charge in [0.15, 0.2) is 0 Å². The molecule has 148 valence electrons. The lowest BCUT2D eigenvalue weighted by molar-refractivity contribution is 0.414. The number of rotatable bonds is 6. The van der Waals surface area contributed by atoms with Crippen LogP contribution in [0.2, 0.25) is 5.02 Å². The zero-order valence-corrected chi connectivity index (χ0v) is 16.8. The lowest BCUT2D eigenvalue weighted by Crippen LogP contribution is -2.21. The minimum absolute atomic E-state index is 0.213. The summed E-state index contributed by atoms with van der Waals surface area (Å²) in [7, 11) is -11.8. The molecule has 0 radical (unpaired) electrons. The molecule has 2 aromatic carbocycles. The number of hydrogen-bond acceptors (Lipinski definition) is 7. The van der Waals surface area contributed by atoms with Gasteiger partial charge in [0, 0.05) is 0 Å². The normalized spacial score (nSPS) is 12.6. The van der Waals surface area contributed by atoms with Gasteiger partial charge in [-0.3, -0.25) is 4.72 Å². The van der Waals surface area contributed by atoms with Gasteiger partial charge in [-0.25, -0.2) is 35.5 Å². The standard InChI is InChI=1S/C13H14ClN3O7S3/c1-24-8-2-4-9(5-3-8)27(22,23)17-11-6-10(14)12(25(15,18)19)7-13(11)26(16,20)21/h2-7,17H,1H3,(H2,15,18,19)(H2,16,20,21). The summed E-state index contributed by atoms with van der Waals surface area (Å²) in [5, 5.41) is 9.54. The van der Waals surface area contributed by atoms with Crippen LogP contribution in [0.1, 0.15) is 0 Å². The number of primary sulfonamides is 2. The fourth-order valence-electron chi connectivity index (χ4n) is 2.03. The first-order valence-corrected chi connectivity index (χ1v) is 11.8. The highest BCUT2D eigenvalue weighted by Crippen LogP contribution is 2.32. The van der Waals surface area contributed by atoms with Gasteiger partial charge in [-0.15, -0.1) is 0 Å². The molecule has 2 rings (SSSR count). The van der Waals surface area contributed by atoms with Crippen molar-refractivity contribution in [3.8, 4) is 5.75 Å². The molecule has 0 unspecified atom stereocenters. The molecule has 5 N–H and O–H groups in total. The largest absolute Gasteiger partial charge is 0.497 e. The summed E-state index contributed by atoms with van der Waals surface area (Å²) in [5.74, 6) is 0.403. The first-order chi connectivity index (χ1) is 12.3. The maximum Gasteiger partial charge on any atom is 0.261 e. The van der Waals surface area contributed by atoms with Gasteiger partial charge in [-0.2, -0.15) is 0 Å². The molecule has 0 heterocycles. The summed E-state index contributed by atoms with van der Waals surface area (Å²) >= 11 is 5.80. The van der Waals surface area contributed by atoms with E-state index in [1.165, 1.54) is 31.4 Å². The van der Waals surface area contributed by atoms with E-state index < -0.39 is 50.6 Å². The highest BCUT2D eigenvalue weighted by Gasteiger charge is 2.25. The molecule has 0 spiro atoms. The van der Waals surface area contributed by atoms with Gasteiger partial charge in [0.2, 0.25) is 20.0 Å². The van der Waals surface area contributed by atoms with Crippen LogP contribution in [0, 0.1) is 0 Å². The predicted molar refractivity (Wildman–Crippen MR) is 98.0 cm³/mol. The SMILES string of the molecule is COc1ccc(S(=O)(=O)Nc2cc(Cl)c(S(N)(=O)=O)cc2S(N)(=O)=O)cc1. The van der Waals surface area contributed by atoms with E-state index in [1.807, 2.05) is 4.72 Å². The Labute approximate surface area is 161 Å². The number of halogens is 1. The summed E-state index contributed by atoms with van der Waals surface area (Å²) in [4.78, 5) is -1.75. The molecule has 0 saturated carbocycles. The van der Waals surface area contributed by atoms with Gasteiger partial charge < -0.3 is 4.74 Å². The number of hydrogen-bond donors (Lipinski definition) is 3. The topological polar surface area (TPSA) is 176 Å². The lowest BCUT2D eigenvalue weighted by atomic mass is 10.3. The van der Waals surface area contributed by atoms with Crippen LogP contribution in [0.3, 0.4) is 0 Å². The van der Waals surface area contributed by atoms with Crippen LogP contribution in [0.5, 0.6) is 5.75 Å². The Kier molecular flexibility index (Phi) is 5.75. The molecule has 14 heteroatoms. The summed E-state index contributed by atoms with van der Waals surface area (Å²) < 4.78 is 78.6. The van der Waals surface area contributed by atoms with Crippen molar-refractivity contribution in [1.82, 2.24) is 0 Å². The third-order valence-electron chi connectivity index (χ3n) is 3.26. The molecular formula is C13H14ClN3O7S3. The highest BCUT2D eigenvalue weighted by molar-refractivity contribution is 7.93. The molecule has 0 aliphatic rings. The van der Waals surface area contributed by atoms with E-state index >= 15 is 0 Å². The maximum atomic E-state index is 12.5. The third-order valence-corrected chi connectivity index (χ3v) is 6.97. The monoisotopic (exact) mass is 455 g/mol. The smallest absolute Gasteiger partial charge is 0.261 e. The van der Waals surface area contributed by atoms with Crippen LogP contribution in [0.25, 0.3) is 0 Å². The van der Waals surface area contributed by atoms with Gasteiger partial charge in [-0.05, 0) is 36.4 Å². The molecule has 27 heavy (non-hydrogen) atoms.